The van der Waals surface area contributed by atoms with Gasteiger partial charge in [0.1, 0.15) is 0 Å². The van der Waals surface area contributed by atoms with E-state index in [4.69, 9.17) is 5.11 Å². The number of aliphatic hydroxyl groups is 1. The molecule has 0 heterocycles. The Morgan fingerprint density at radius 1 is 1.00 bits per heavy atom. The van der Waals surface area contributed by atoms with Crippen molar-refractivity contribution in [1.29, 1.82) is 0 Å². The van der Waals surface area contributed by atoms with Crippen molar-refractivity contribution < 1.29 is 5.11 Å². The third-order valence-corrected chi connectivity index (χ3v) is 1.36. The van der Waals surface area contributed by atoms with Crippen LogP contribution in [0.2, 0.25) is 0 Å². The van der Waals surface area contributed by atoms with Gasteiger partial charge in [0.15, 0.2) is 0 Å². The maximum Gasteiger partial charge on any atom is 0.0465 e. The molecular weight excluding hydrogens is 136 g/mol. The average molecular weight is 154 g/mol. The third-order valence-electron chi connectivity index (χ3n) is 1.36. The molecule has 0 bridgehead atoms. The molecule has 0 rings (SSSR count). The molecule has 1 nitrogen and oxygen atoms in total. The quantitative estimate of drug-likeness (QED) is 0.583. The van der Waals surface area contributed by atoms with Gasteiger partial charge in [-0.2, -0.15) is 0 Å². The first kappa shape index (κ1) is 10.4. The molecule has 64 valence electrons. The Balaban J connectivity index is 3.11. The van der Waals surface area contributed by atoms with Crippen LogP contribution in [0.25, 0.3) is 0 Å². The van der Waals surface area contributed by atoms with Gasteiger partial charge in [0.2, 0.25) is 0 Å². The predicted molar refractivity (Wildman–Crippen MR) is 49.5 cm³/mol. The highest BCUT2D eigenvalue weighted by Crippen LogP contribution is 1.92. The van der Waals surface area contributed by atoms with E-state index in [2.05, 4.69) is 25.2 Å². The second-order valence-corrected chi connectivity index (χ2v) is 2.48. The lowest BCUT2D eigenvalue weighted by molar-refractivity contribution is 0.302. The van der Waals surface area contributed by atoms with Crippen molar-refractivity contribution in [3.8, 4) is 0 Å². The molecule has 0 aliphatic rings. The van der Waals surface area contributed by atoms with Crippen LogP contribution in [0.4, 0.5) is 0 Å². The number of unbranched alkanes of at least 4 members (excludes halogenated alkanes) is 1. The van der Waals surface area contributed by atoms with Crippen LogP contribution in [0.3, 0.4) is 0 Å². The first-order valence-corrected chi connectivity index (χ1v) is 4.32. The summed E-state index contributed by atoms with van der Waals surface area (Å²) in [6.07, 6.45) is 12.6. The zero-order valence-electron chi connectivity index (χ0n) is 7.29. The summed E-state index contributed by atoms with van der Waals surface area (Å²) in [5, 5.41) is 8.44. The number of hydrogen-bond acceptors (Lipinski definition) is 1. The molecule has 0 spiro atoms. The van der Waals surface area contributed by atoms with Crippen LogP contribution in [-0.4, -0.2) is 11.7 Å². The largest absolute Gasteiger partial charge is 0.396 e. The topological polar surface area (TPSA) is 20.2 Å². The summed E-state index contributed by atoms with van der Waals surface area (Å²) in [5.41, 5.74) is 0. The van der Waals surface area contributed by atoms with Crippen LogP contribution in [0.15, 0.2) is 24.3 Å². The first-order chi connectivity index (χ1) is 5.41. The molecule has 0 aromatic rings. The van der Waals surface area contributed by atoms with Gasteiger partial charge in [0.25, 0.3) is 0 Å². The van der Waals surface area contributed by atoms with E-state index in [0.29, 0.717) is 0 Å². The van der Waals surface area contributed by atoms with Gasteiger partial charge < -0.3 is 5.11 Å². The van der Waals surface area contributed by atoms with Crippen LogP contribution in [0, 0.1) is 0 Å². The lowest BCUT2D eigenvalue weighted by Gasteiger charge is -1.84. The minimum atomic E-state index is 0.259. The van der Waals surface area contributed by atoms with E-state index in [1.54, 1.807) is 0 Å². The summed E-state index contributed by atoms with van der Waals surface area (Å²) in [6.45, 7) is 2.43. The Kier molecular flexibility index (Phi) is 8.96. The third kappa shape index (κ3) is 9.44. The fourth-order valence-electron chi connectivity index (χ4n) is 0.748. The molecule has 0 radical (unpaired) electrons. The van der Waals surface area contributed by atoms with E-state index in [-0.39, 0.29) is 6.61 Å². The summed E-state index contributed by atoms with van der Waals surface area (Å²) in [4.78, 5) is 0. The predicted octanol–water partition coefficient (Wildman–Crippen LogP) is 2.67. The Morgan fingerprint density at radius 3 is 2.18 bits per heavy atom. The molecule has 0 saturated carbocycles. The highest BCUT2D eigenvalue weighted by atomic mass is 16.2. The molecule has 1 N–H and O–H groups in total. The highest BCUT2D eigenvalue weighted by molar-refractivity contribution is 4.92. The molecule has 0 aromatic heterocycles. The smallest absolute Gasteiger partial charge is 0.0465 e. The molecule has 11 heavy (non-hydrogen) atoms. The van der Waals surface area contributed by atoms with E-state index in [9.17, 15) is 0 Å². The standard InChI is InChI=1S/C10H18O/c1-2-3-4-5-6-7-8-9-10-11/h4-5,7-8,11H,2-3,6,9-10H2,1H3. The summed E-state index contributed by atoms with van der Waals surface area (Å²) in [5.74, 6) is 0. The average Bonchev–Trinajstić information content (AvgIpc) is 2.03. The Morgan fingerprint density at radius 2 is 1.64 bits per heavy atom. The van der Waals surface area contributed by atoms with E-state index in [1.807, 2.05) is 6.08 Å². The lowest BCUT2D eigenvalue weighted by Crippen LogP contribution is -1.74. The minimum absolute atomic E-state index is 0.259. The molecule has 0 aliphatic carbocycles. The fourth-order valence-corrected chi connectivity index (χ4v) is 0.748. The van der Waals surface area contributed by atoms with E-state index in [0.717, 1.165) is 12.8 Å². The first-order valence-electron chi connectivity index (χ1n) is 4.32. The summed E-state index contributed by atoms with van der Waals surface area (Å²) < 4.78 is 0. The molecule has 0 amide bonds. The highest BCUT2D eigenvalue weighted by Gasteiger charge is 1.74. The van der Waals surface area contributed by atoms with Gasteiger partial charge in [0.05, 0.1) is 0 Å². The van der Waals surface area contributed by atoms with Gasteiger partial charge in [-0.1, -0.05) is 37.6 Å². The Hall–Kier alpha value is -0.560. The van der Waals surface area contributed by atoms with E-state index >= 15 is 0 Å². The fraction of sp³-hybridized carbons (Fsp3) is 0.600. The van der Waals surface area contributed by atoms with Crippen LogP contribution >= 0.6 is 0 Å². The summed E-state index contributed by atoms with van der Waals surface area (Å²) >= 11 is 0. The molecule has 0 aliphatic heterocycles. The zero-order valence-corrected chi connectivity index (χ0v) is 7.29. The van der Waals surface area contributed by atoms with Crippen molar-refractivity contribution >= 4 is 0 Å². The number of hydrogen-bond donors (Lipinski definition) is 1. The second-order valence-electron chi connectivity index (χ2n) is 2.48. The van der Waals surface area contributed by atoms with Gasteiger partial charge in [-0.05, 0) is 19.3 Å². The summed E-state index contributed by atoms with van der Waals surface area (Å²) in [6, 6.07) is 0. The van der Waals surface area contributed by atoms with Gasteiger partial charge in [-0.25, -0.2) is 0 Å². The van der Waals surface area contributed by atoms with Gasteiger partial charge in [-0.3, -0.25) is 0 Å². The van der Waals surface area contributed by atoms with Crippen molar-refractivity contribution in [1.82, 2.24) is 0 Å². The van der Waals surface area contributed by atoms with Crippen molar-refractivity contribution in [3.05, 3.63) is 24.3 Å². The number of allylic oxidation sites excluding steroid dienone is 3. The zero-order chi connectivity index (χ0) is 8.36. The van der Waals surface area contributed by atoms with Crippen LogP contribution in [0.5, 0.6) is 0 Å². The van der Waals surface area contributed by atoms with Gasteiger partial charge >= 0.3 is 0 Å². The Labute approximate surface area is 69.4 Å². The number of rotatable bonds is 6. The molecule has 0 unspecified atom stereocenters. The molecule has 1 heteroatoms. The van der Waals surface area contributed by atoms with Gasteiger partial charge in [-0.15, -0.1) is 0 Å². The van der Waals surface area contributed by atoms with Crippen LogP contribution < -0.4 is 0 Å². The molecule has 0 atom stereocenters. The van der Waals surface area contributed by atoms with Crippen LogP contribution in [0.1, 0.15) is 32.6 Å². The van der Waals surface area contributed by atoms with Gasteiger partial charge in [0, 0.05) is 6.61 Å². The van der Waals surface area contributed by atoms with Crippen LogP contribution in [-0.2, 0) is 0 Å². The van der Waals surface area contributed by atoms with Crippen molar-refractivity contribution in [2.75, 3.05) is 6.61 Å². The normalized spacial score (nSPS) is 11.8. The maximum atomic E-state index is 8.44. The van der Waals surface area contributed by atoms with Crippen molar-refractivity contribution in [3.63, 3.8) is 0 Å². The van der Waals surface area contributed by atoms with Crippen molar-refractivity contribution in [2.45, 2.75) is 32.6 Å². The monoisotopic (exact) mass is 154 g/mol. The maximum absolute atomic E-state index is 8.44. The molecule has 0 fully saturated rings. The SMILES string of the molecule is CCCC=CCC=CCCO. The molecule has 0 aromatic carbocycles. The lowest BCUT2D eigenvalue weighted by atomic mass is 10.2. The van der Waals surface area contributed by atoms with Crippen molar-refractivity contribution in [2.24, 2.45) is 0 Å². The number of aliphatic hydroxyl groups excluding tert-OH is 1. The second kappa shape index (κ2) is 9.44. The molecule has 0 saturated heterocycles. The Bertz CT molecular complexity index is 100. The molecular formula is C10H18O. The van der Waals surface area contributed by atoms with E-state index in [1.165, 1.54) is 12.8 Å². The minimum Gasteiger partial charge on any atom is -0.396 e. The van der Waals surface area contributed by atoms with E-state index < -0.39 is 0 Å². The summed E-state index contributed by atoms with van der Waals surface area (Å²) in [7, 11) is 0.